The second-order valence-corrected chi connectivity index (χ2v) is 9.81. The Labute approximate surface area is 197 Å². The fraction of sp³-hybridized carbons (Fsp3) is 0.458. The molecule has 4 amide bonds. The van der Waals surface area contributed by atoms with Gasteiger partial charge in [0.1, 0.15) is 6.04 Å². The highest BCUT2D eigenvalue weighted by Crippen LogP contribution is 2.33. The second kappa shape index (κ2) is 8.35. The number of nitrogens with one attached hydrogen (secondary N) is 3. The molecular weight excluding hydrogens is 436 g/mol. The summed E-state index contributed by atoms with van der Waals surface area (Å²) in [6.45, 7) is 5.76. The average Bonchev–Trinajstić information content (AvgIpc) is 3.36. The van der Waals surface area contributed by atoms with Gasteiger partial charge in [0, 0.05) is 36.0 Å². The van der Waals surface area contributed by atoms with Crippen molar-refractivity contribution in [2.45, 2.75) is 63.7 Å². The van der Waals surface area contributed by atoms with Gasteiger partial charge >= 0.3 is 0 Å². The summed E-state index contributed by atoms with van der Waals surface area (Å²) < 4.78 is 2.01. The van der Waals surface area contributed by atoms with Gasteiger partial charge in [-0.25, -0.2) is 0 Å². The number of benzene rings is 1. The third-order valence-electron chi connectivity index (χ3n) is 6.81. The summed E-state index contributed by atoms with van der Waals surface area (Å²) >= 11 is 0. The summed E-state index contributed by atoms with van der Waals surface area (Å²) in [5.74, 6) is -2.05. The molecular formula is C24H28N6O4. The molecule has 0 spiro atoms. The smallest absolute Gasteiger partial charge is 0.264 e. The summed E-state index contributed by atoms with van der Waals surface area (Å²) in [4.78, 5) is 51.0. The van der Waals surface area contributed by atoms with Gasteiger partial charge in [-0.1, -0.05) is 6.07 Å². The fourth-order valence-electron chi connectivity index (χ4n) is 5.09. The minimum atomic E-state index is -0.981. The average molecular weight is 465 g/mol. The molecule has 2 aromatic rings. The molecule has 1 aromatic carbocycles. The summed E-state index contributed by atoms with van der Waals surface area (Å²) in [6.07, 6.45) is 6.05. The highest BCUT2D eigenvalue weighted by molar-refractivity contribution is 6.25. The standard InChI is InChI=1S/C24H28N6O4/c1-24(2)10-15(8-9-26-24)29-13-14(12-27-29)11-25-17-5-3-4-16-20(17)23(34)30(22(16)33)18-6-7-19(31)28-21(18)32/h3-5,12-13,15,18,25-26H,6-11H2,1-2H3,(H,28,31,32)/t15-,18?/m1/s1. The Bertz CT molecular complexity index is 1190. The van der Waals surface area contributed by atoms with Crippen LogP contribution in [0.1, 0.15) is 71.9 Å². The van der Waals surface area contributed by atoms with E-state index in [1.807, 2.05) is 17.1 Å². The Morgan fingerprint density at radius 3 is 2.74 bits per heavy atom. The fourth-order valence-corrected chi connectivity index (χ4v) is 5.09. The highest BCUT2D eigenvalue weighted by Gasteiger charge is 2.45. The molecule has 0 radical (unpaired) electrons. The van der Waals surface area contributed by atoms with Crippen LogP contribution < -0.4 is 16.0 Å². The number of anilines is 1. The Morgan fingerprint density at radius 1 is 1.15 bits per heavy atom. The van der Waals surface area contributed by atoms with Crippen molar-refractivity contribution in [3.63, 3.8) is 0 Å². The lowest BCUT2D eigenvalue weighted by Crippen LogP contribution is -2.54. The van der Waals surface area contributed by atoms with E-state index in [4.69, 9.17) is 0 Å². The number of hydrogen-bond acceptors (Lipinski definition) is 7. The van der Waals surface area contributed by atoms with E-state index in [1.165, 1.54) is 0 Å². The number of hydrogen-bond donors (Lipinski definition) is 3. The van der Waals surface area contributed by atoms with E-state index in [9.17, 15) is 19.2 Å². The summed E-state index contributed by atoms with van der Waals surface area (Å²) in [5, 5.41) is 13.6. The molecule has 3 N–H and O–H groups in total. The number of carbonyl (C=O) groups excluding carboxylic acids is 4. The molecule has 10 heteroatoms. The van der Waals surface area contributed by atoms with Gasteiger partial charge in [-0.05, 0) is 51.8 Å². The Kier molecular flexibility index (Phi) is 5.47. The predicted octanol–water partition coefficient (Wildman–Crippen LogP) is 1.60. The molecule has 3 aliphatic heterocycles. The van der Waals surface area contributed by atoms with E-state index in [2.05, 4.69) is 34.9 Å². The van der Waals surface area contributed by atoms with E-state index in [0.29, 0.717) is 18.3 Å². The topological polar surface area (TPSA) is 125 Å². The van der Waals surface area contributed by atoms with Crippen molar-refractivity contribution in [1.82, 2.24) is 25.3 Å². The molecule has 10 nitrogen and oxygen atoms in total. The molecule has 178 valence electrons. The third-order valence-corrected chi connectivity index (χ3v) is 6.81. The van der Waals surface area contributed by atoms with E-state index >= 15 is 0 Å². The van der Waals surface area contributed by atoms with Crippen LogP contribution in [0.2, 0.25) is 0 Å². The maximum atomic E-state index is 13.2. The van der Waals surface area contributed by atoms with Crippen LogP contribution >= 0.6 is 0 Å². The highest BCUT2D eigenvalue weighted by atomic mass is 16.2. The van der Waals surface area contributed by atoms with Crippen LogP contribution in [0.25, 0.3) is 0 Å². The van der Waals surface area contributed by atoms with E-state index in [1.54, 1.807) is 18.2 Å². The van der Waals surface area contributed by atoms with Gasteiger partial charge in [0.05, 0.1) is 23.4 Å². The zero-order valence-corrected chi connectivity index (χ0v) is 19.3. The summed E-state index contributed by atoms with van der Waals surface area (Å²) in [5.41, 5.74) is 2.07. The van der Waals surface area contributed by atoms with Crippen LogP contribution in [0, 0.1) is 0 Å². The largest absolute Gasteiger partial charge is 0.380 e. The zero-order chi connectivity index (χ0) is 24.0. The molecule has 4 heterocycles. The van der Waals surface area contributed by atoms with E-state index in [0.717, 1.165) is 29.8 Å². The number of carbonyl (C=O) groups is 4. The number of amides is 4. The van der Waals surface area contributed by atoms with Crippen molar-refractivity contribution >= 4 is 29.3 Å². The van der Waals surface area contributed by atoms with Gasteiger partial charge in [-0.2, -0.15) is 5.10 Å². The van der Waals surface area contributed by atoms with Gasteiger partial charge in [0.15, 0.2) is 0 Å². The lowest BCUT2D eigenvalue weighted by molar-refractivity contribution is -0.136. The molecule has 5 rings (SSSR count). The lowest BCUT2D eigenvalue weighted by atomic mass is 9.89. The number of imide groups is 2. The van der Waals surface area contributed by atoms with Crippen molar-refractivity contribution in [3.8, 4) is 0 Å². The molecule has 3 aliphatic rings. The number of fused-ring (bicyclic) bond motifs is 1. The molecule has 2 fully saturated rings. The van der Waals surface area contributed by atoms with Crippen molar-refractivity contribution in [1.29, 1.82) is 0 Å². The minimum Gasteiger partial charge on any atom is -0.380 e. The van der Waals surface area contributed by atoms with Crippen molar-refractivity contribution < 1.29 is 19.2 Å². The SMILES string of the molecule is CC1(C)C[C@H](n2cc(CNc3cccc4c3C(=O)N(C3CCC(=O)NC3=O)C4=O)cn2)CCN1. The number of rotatable bonds is 5. The van der Waals surface area contributed by atoms with Crippen LogP contribution in [0.3, 0.4) is 0 Å². The van der Waals surface area contributed by atoms with E-state index < -0.39 is 29.7 Å². The summed E-state index contributed by atoms with van der Waals surface area (Å²) in [7, 11) is 0. The molecule has 2 saturated heterocycles. The van der Waals surface area contributed by atoms with Gasteiger partial charge in [-0.15, -0.1) is 0 Å². The molecule has 0 saturated carbocycles. The Hall–Kier alpha value is -3.53. The van der Waals surface area contributed by atoms with Crippen molar-refractivity contribution in [2.24, 2.45) is 0 Å². The van der Waals surface area contributed by atoms with Gasteiger partial charge < -0.3 is 10.6 Å². The minimum absolute atomic E-state index is 0.0686. The van der Waals surface area contributed by atoms with Gasteiger partial charge in [0.2, 0.25) is 11.8 Å². The first-order valence-corrected chi connectivity index (χ1v) is 11.6. The van der Waals surface area contributed by atoms with Gasteiger partial charge in [-0.3, -0.25) is 34.1 Å². The molecule has 0 bridgehead atoms. The number of piperidine rings is 2. The zero-order valence-electron chi connectivity index (χ0n) is 19.3. The summed E-state index contributed by atoms with van der Waals surface area (Å²) in [6, 6.07) is 4.39. The maximum Gasteiger partial charge on any atom is 0.264 e. The first-order valence-electron chi connectivity index (χ1n) is 11.6. The second-order valence-electron chi connectivity index (χ2n) is 9.81. The van der Waals surface area contributed by atoms with Crippen LogP contribution in [-0.4, -0.2) is 56.4 Å². The van der Waals surface area contributed by atoms with Crippen LogP contribution in [0.15, 0.2) is 30.6 Å². The molecule has 1 unspecified atom stereocenters. The maximum absolute atomic E-state index is 13.2. The Morgan fingerprint density at radius 2 is 1.97 bits per heavy atom. The third kappa shape index (κ3) is 3.98. The van der Waals surface area contributed by atoms with Crippen LogP contribution in [-0.2, 0) is 16.1 Å². The predicted molar refractivity (Wildman–Crippen MR) is 123 cm³/mol. The lowest BCUT2D eigenvalue weighted by Gasteiger charge is -2.36. The quantitative estimate of drug-likeness (QED) is 0.574. The first kappa shape index (κ1) is 22.3. The monoisotopic (exact) mass is 464 g/mol. The Balaban J connectivity index is 1.31. The van der Waals surface area contributed by atoms with Crippen LogP contribution in [0.5, 0.6) is 0 Å². The van der Waals surface area contributed by atoms with E-state index in [-0.39, 0.29) is 29.5 Å². The first-order chi connectivity index (χ1) is 16.2. The molecule has 1 aromatic heterocycles. The normalized spacial score (nSPS) is 24.2. The van der Waals surface area contributed by atoms with Crippen molar-refractivity contribution in [2.75, 3.05) is 11.9 Å². The van der Waals surface area contributed by atoms with Crippen LogP contribution in [0.4, 0.5) is 5.69 Å². The number of aromatic nitrogens is 2. The van der Waals surface area contributed by atoms with Gasteiger partial charge in [0.25, 0.3) is 11.8 Å². The molecule has 2 atom stereocenters. The number of nitrogens with zero attached hydrogens (tertiary/aromatic N) is 3. The van der Waals surface area contributed by atoms with Crippen molar-refractivity contribution in [3.05, 3.63) is 47.3 Å². The molecule has 0 aliphatic carbocycles. The molecule has 34 heavy (non-hydrogen) atoms.